The second-order valence-corrected chi connectivity index (χ2v) is 5.25. The van der Waals surface area contributed by atoms with Crippen molar-refractivity contribution in [2.24, 2.45) is 5.73 Å². The lowest BCUT2D eigenvalue weighted by molar-refractivity contribution is -0.770. The van der Waals surface area contributed by atoms with E-state index < -0.39 is 71.5 Å². The van der Waals surface area contributed by atoms with Gasteiger partial charge in [0, 0.05) is 18.3 Å². The highest BCUT2D eigenvalue weighted by molar-refractivity contribution is 6.32. The number of rotatable bonds is 13. The number of carbonyl (C=O) groups is 4. The van der Waals surface area contributed by atoms with Gasteiger partial charge in [-0.15, -0.1) is 10.1 Å². The van der Waals surface area contributed by atoms with Crippen LogP contribution in [0.3, 0.4) is 0 Å². The molecule has 0 aromatic carbocycles. The van der Waals surface area contributed by atoms with E-state index in [-0.39, 0.29) is 6.42 Å². The topological polar surface area (TPSA) is 228 Å². The monoisotopic (exact) mass is 395 g/mol. The van der Waals surface area contributed by atoms with Gasteiger partial charge in [0.05, 0.1) is 0 Å². The van der Waals surface area contributed by atoms with Gasteiger partial charge in [0.1, 0.15) is 6.04 Å². The molecule has 0 saturated carbocycles. The number of esters is 2. The van der Waals surface area contributed by atoms with Gasteiger partial charge in [-0.3, -0.25) is 24.5 Å². The molecule has 0 aromatic heterocycles. The molecule has 0 aromatic rings. The molecule has 0 fully saturated rings. The number of nitro groups is 1. The van der Waals surface area contributed by atoms with Crippen molar-refractivity contribution in [1.82, 2.24) is 0 Å². The van der Waals surface area contributed by atoms with Crippen LogP contribution in [0, 0.1) is 20.2 Å². The Hall–Kier alpha value is -3.36. The molecule has 0 bridgehead atoms. The number of hydrogen-bond acceptors (Lipinski definition) is 12. The number of nitrogens with zero attached hydrogens (tertiary/aromatic N) is 2. The number of Topliss-reactive ketones (excluding diaryl/α,β-unsaturated/α-hetero) is 1. The maximum Gasteiger partial charge on any atom is 0.374 e. The molecule has 15 nitrogen and oxygen atoms in total. The van der Waals surface area contributed by atoms with E-state index in [1.54, 1.807) is 0 Å². The minimum atomic E-state index is -2.57. The molecule has 0 aliphatic carbocycles. The number of hydrogen-bond donors (Lipinski definition) is 2. The third-order valence-electron chi connectivity index (χ3n) is 3.06. The summed E-state index contributed by atoms with van der Waals surface area (Å²) in [5.74, 6) is -4.99. The lowest BCUT2D eigenvalue weighted by Gasteiger charge is -2.23. The molecule has 15 heteroatoms. The Bertz CT molecular complexity index is 621. The van der Waals surface area contributed by atoms with Crippen LogP contribution in [0.15, 0.2) is 0 Å². The van der Waals surface area contributed by atoms with Crippen molar-refractivity contribution in [2.75, 3.05) is 19.8 Å². The van der Waals surface area contributed by atoms with Crippen LogP contribution in [0.2, 0.25) is 0 Å². The summed E-state index contributed by atoms with van der Waals surface area (Å²) in [6, 6.07) is -1.37. The van der Waals surface area contributed by atoms with E-state index in [1.165, 1.54) is 0 Å². The molecule has 0 spiro atoms. The van der Waals surface area contributed by atoms with Crippen molar-refractivity contribution < 1.29 is 48.6 Å². The summed E-state index contributed by atoms with van der Waals surface area (Å²) in [5.41, 5.74) is 2.62. The van der Waals surface area contributed by atoms with Gasteiger partial charge < -0.3 is 25.2 Å². The van der Waals surface area contributed by atoms with E-state index >= 15 is 0 Å². The lowest BCUT2D eigenvalue weighted by Crippen LogP contribution is -2.53. The normalized spacial score (nSPS) is 13.6. The summed E-state index contributed by atoms with van der Waals surface area (Å²) in [7, 11) is 0. The molecule has 0 amide bonds. The molecule has 0 radical (unpaired) electrons. The van der Waals surface area contributed by atoms with Crippen LogP contribution >= 0.6 is 0 Å². The fraction of sp³-hybridized carbons (Fsp3) is 0.667. The van der Waals surface area contributed by atoms with E-state index in [9.17, 15) is 39.4 Å². The predicted octanol–water partition coefficient (Wildman–Crippen LogP) is -1.92. The van der Waals surface area contributed by atoms with Crippen LogP contribution in [0.4, 0.5) is 0 Å². The minimum absolute atomic E-state index is 0.329. The van der Waals surface area contributed by atoms with Crippen LogP contribution < -0.4 is 5.73 Å². The molecule has 152 valence electrons. The summed E-state index contributed by atoms with van der Waals surface area (Å²) >= 11 is 0. The molecule has 0 aliphatic heterocycles. The Balaban J connectivity index is 5.09. The maximum atomic E-state index is 11.6. The first kappa shape index (κ1) is 23.6. The second kappa shape index (κ2) is 10.6. The van der Waals surface area contributed by atoms with Gasteiger partial charge in [-0.1, -0.05) is 0 Å². The average molecular weight is 395 g/mol. The van der Waals surface area contributed by atoms with E-state index in [0.29, 0.717) is 0 Å². The van der Waals surface area contributed by atoms with Crippen molar-refractivity contribution in [3.05, 3.63) is 20.2 Å². The number of carboxylic acids is 1. The van der Waals surface area contributed by atoms with Crippen LogP contribution in [0.5, 0.6) is 0 Å². The standard InChI is InChI=1S/C12H17N3O12/c1-7(16)11(20)26-5-12(14(21)22,6-27-15(23)24)4-25-9(17)3-2-8(13)10(18)19/h8H,2-6,13H2,1H3,(H,18,19)/t8-,12?/m0/s1. The lowest BCUT2D eigenvalue weighted by atomic mass is 10.0. The Kier molecular flexibility index (Phi) is 9.27. The maximum absolute atomic E-state index is 11.6. The quantitative estimate of drug-likeness (QED) is 0.150. The number of nitrogens with two attached hydrogens (primary N) is 1. The number of ether oxygens (including phenoxy) is 2. The molecule has 0 heterocycles. The fourth-order valence-electron chi connectivity index (χ4n) is 1.44. The summed E-state index contributed by atoms with van der Waals surface area (Å²) in [4.78, 5) is 68.6. The predicted molar refractivity (Wildman–Crippen MR) is 80.1 cm³/mol. The molecular formula is C12H17N3O12. The molecule has 3 N–H and O–H groups in total. The van der Waals surface area contributed by atoms with E-state index in [2.05, 4.69) is 14.3 Å². The Morgan fingerprint density at radius 2 is 1.67 bits per heavy atom. The largest absolute Gasteiger partial charge is 0.480 e. The summed E-state index contributed by atoms with van der Waals surface area (Å²) in [5, 5.41) is 28.9. The molecule has 27 heavy (non-hydrogen) atoms. The third-order valence-corrected chi connectivity index (χ3v) is 3.06. The molecular weight excluding hydrogens is 378 g/mol. The van der Waals surface area contributed by atoms with Crippen molar-refractivity contribution in [1.29, 1.82) is 0 Å². The number of ketones is 1. The Morgan fingerprint density at radius 3 is 2.11 bits per heavy atom. The molecule has 0 aliphatic rings. The van der Waals surface area contributed by atoms with Crippen LogP contribution in [0.25, 0.3) is 0 Å². The highest BCUT2D eigenvalue weighted by atomic mass is 17.0. The van der Waals surface area contributed by atoms with Crippen molar-refractivity contribution in [3.63, 3.8) is 0 Å². The Morgan fingerprint density at radius 1 is 1.11 bits per heavy atom. The summed E-state index contributed by atoms with van der Waals surface area (Å²) in [6.07, 6.45) is -0.838. The highest BCUT2D eigenvalue weighted by Gasteiger charge is 2.48. The third kappa shape index (κ3) is 8.52. The first-order valence-electron chi connectivity index (χ1n) is 7.15. The fourth-order valence-corrected chi connectivity index (χ4v) is 1.44. The van der Waals surface area contributed by atoms with Gasteiger partial charge >= 0.3 is 23.4 Å². The van der Waals surface area contributed by atoms with Gasteiger partial charge in [-0.25, -0.2) is 4.79 Å². The van der Waals surface area contributed by atoms with Crippen molar-refractivity contribution in [2.45, 2.75) is 31.3 Å². The van der Waals surface area contributed by atoms with Gasteiger partial charge in [-0.2, -0.15) is 0 Å². The second-order valence-electron chi connectivity index (χ2n) is 5.25. The number of carbonyl (C=O) groups excluding carboxylic acids is 3. The van der Waals surface area contributed by atoms with Crippen molar-refractivity contribution >= 4 is 23.7 Å². The zero-order valence-corrected chi connectivity index (χ0v) is 14.0. The van der Waals surface area contributed by atoms with Crippen LogP contribution in [-0.2, 0) is 33.5 Å². The first-order valence-corrected chi connectivity index (χ1v) is 7.15. The first-order chi connectivity index (χ1) is 12.4. The van der Waals surface area contributed by atoms with Crippen LogP contribution in [-0.4, -0.2) is 70.2 Å². The molecule has 2 atom stereocenters. The smallest absolute Gasteiger partial charge is 0.374 e. The number of carboxylic acid groups (broad SMARTS) is 1. The zero-order valence-electron chi connectivity index (χ0n) is 14.0. The minimum Gasteiger partial charge on any atom is -0.480 e. The zero-order chi connectivity index (χ0) is 21.2. The summed E-state index contributed by atoms with van der Waals surface area (Å²) in [6.45, 7) is -2.69. The van der Waals surface area contributed by atoms with Crippen LogP contribution in [0.1, 0.15) is 19.8 Å². The average Bonchev–Trinajstić information content (AvgIpc) is 2.58. The molecule has 0 rings (SSSR count). The van der Waals surface area contributed by atoms with Gasteiger partial charge in [0.25, 0.3) is 5.09 Å². The van der Waals surface area contributed by atoms with Gasteiger partial charge in [0.2, 0.25) is 5.78 Å². The van der Waals surface area contributed by atoms with E-state index in [1.807, 2.05) is 0 Å². The van der Waals surface area contributed by atoms with Crippen molar-refractivity contribution in [3.8, 4) is 0 Å². The van der Waals surface area contributed by atoms with E-state index in [4.69, 9.17) is 10.8 Å². The molecule has 1 unspecified atom stereocenters. The highest BCUT2D eigenvalue weighted by Crippen LogP contribution is 2.15. The van der Waals surface area contributed by atoms with Gasteiger partial charge in [-0.05, 0) is 6.42 Å². The summed E-state index contributed by atoms with van der Waals surface area (Å²) < 4.78 is 9.02. The SMILES string of the molecule is CC(=O)C(=O)OCC(COC(=O)CC[C@H](N)C(=O)O)(CO[N+](=O)[O-])[N+](=O)[O-]. The Labute approximate surface area is 150 Å². The van der Waals surface area contributed by atoms with Gasteiger partial charge in [0.15, 0.2) is 19.8 Å². The van der Waals surface area contributed by atoms with E-state index in [0.717, 1.165) is 6.92 Å². The number of aliphatic carboxylic acids is 1. The molecule has 0 saturated heterocycles.